The first kappa shape index (κ1) is 14.2. The number of nitrogens with one attached hydrogen (secondary N) is 1. The van der Waals surface area contributed by atoms with E-state index in [2.05, 4.69) is 10.3 Å². The molecule has 0 unspecified atom stereocenters. The first-order valence-corrected chi connectivity index (χ1v) is 8.64. The largest absolute Gasteiger partial charge is 0.423 e. The van der Waals surface area contributed by atoms with Crippen molar-refractivity contribution in [3.63, 3.8) is 0 Å². The summed E-state index contributed by atoms with van der Waals surface area (Å²) in [5.41, 5.74) is 7.73. The molecular weight excluding hydrogens is 292 g/mol. The molecule has 2 aromatic rings. The van der Waals surface area contributed by atoms with Gasteiger partial charge in [0.05, 0.1) is 6.26 Å². The minimum Gasteiger partial charge on any atom is -0.423 e. The van der Waals surface area contributed by atoms with Crippen molar-refractivity contribution >= 4 is 32.8 Å². The fourth-order valence-electron chi connectivity index (χ4n) is 2.51. The van der Waals surface area contributed by atoms with Gasteiger partial charge in [0, 0.05) is 30.9 Å². The Morgan fingerprint density at radius 1 is 1.38 bits per heavy atom. The van der Waals surface area contributed by atoms with Gasteiger partial charge in [0.25, 0.3) is 6.01 Å². The molecule has 7 nitrogen and oxygen atoms in total. The van der Waals surface area contributed by atoms with Gasteiger partial charge < -0.3 is 15.5 Å². The monoisotopic (exact) mass is 310 g/mol. The highest BCUT2D eigenvalue weighted by Gasteiger charge is 2.25. The first-order valence-electron chi connectivity index (χ1n) is 6.79. The molecule has 0 amide bonds. The predicted octanol–water partition coefficient (Wildman–Crippen LogP) is 1.25. The summed E-state index contributed by atoms with van der Waals surface area (Å²) in [5.74, 6) is 0. The molecule has 1 aliphatic heterocycles. The summed E-state index contributed by atoms with van der Waals surface area (Å²) in [6.07, 6.45) is 2.70. The quantitative estimate of drug-likeness (QED) is 0.827. The number of oxazole rings is 1. The summed E-state index contributed by atoms with van der Waals surface area (Å²) in [6.45, 7) is 1.04. The summed E-state index contributed by atoms with van der Waals surface area (Å²) in [7, 11) is -3.09. The number of nitrogens with two attached hydrogens (primary N) is 1. The van der Waals surface area contributed by atoms with Crippen LogP contribution in [0, 0.1) is 0 Å². The number of nitrogen functional groups attached to an aromatic ring is 1. The normalized spacial score (nSPS) is 18.1. The maximum Gasteiger partial charge on any atom is 0.295 e. The van der Waals surface area contributed by atoms with Gasteiger partial charge >= 0.3 is 0 Å². The van der Waals surface area contributed by atoms with Crippen molar-refractivity contribution in [3.8, 4) is 0 Å². The maximum atomic E-state index is 11.5. The summed E-state index contributed by atoms with van der Waals surface area (Å²) in [4.78, 5) is 4.35. The lowest BCUT2D eigenvalue weighted by Crippen LogP contribution is -2.41. The zero-order chi connectivity index (χ0) is 15.0. The van der Waals surface area contributed by atoms with Gasteiger partial charge in [-0.1, -0.05) is 0 Å². The SMILES string of the molecule is CS(=O)(=O)N1CCC(Nc2nc3ccc(N)cc3o2)CC1. The molecule has 1 aliphatic rings. The second-order valence-corrected chi connectivity index (χ2v) is 7.31. The van der Waals surface area contributed by atoms with Gasteiger partial charge in [-0.2, -0.15) is 4.98 Å². The summed E-state index contributed by atoms with van der Waals surface area (Å²) >= 11 is 0. The molecule has 0 spiro atoms. The number of anilines is 2. The van der Waals surface area contributed by atoms with E-state index in [4.69, 9.17) is 10.2 Å². The fraction of sp³-hybridized carbons (Fsp3) is 0.462. The molecule has 8 heteroatoms. The minimum absolute atomic E-state index is 0.161. The molecule has 114 valence electrons. The summed E-state index contributed by atoms with van der Waals surface area (Å²) in [6, 6.07) is 5.94. The van der Waals surface area contributed by atoms with Crippen molar-refractivity contribution in [2.75, 3.05) is 30.4 Å². The van der Waals surface area contributed by atoms with Crippen LogP contribution in [0.2, 0.25) is 0 Å². The molecule has 0 atom stereocenters. The first-order chi connectivity index (χ1) is 9.91. The Bertz CT molecular complexity index is 748. The molecular formula is C13H18N4O3S. The van der Waals surface area contributed by atoms with Crippen molar-refractivity contribution in [2.45, 2.75) is 18.9 Å². The van der Waals surface area contributed by atoms with E-state index in [0.29, 0.717) is 30.4 Å². The number of hydrogen-bond donors (Lipinski definition) is 2. The van der Waals surface area contributed by atoms with E-state index in [0.717, 1.165) is 18.4 Å². The van der Waals surface area contributed by atoms with Crippen LogP contribution in [-0.2, 0) is 10.0 Å². The fourth-order valence-corrected chi connectivity index (χ4v) is 3.38. The smallest absolute Gasteiger partial charge is 0.295 e. The van der Waals surface area contributed by atoms with Crippen molar-refractivity contribution < 1.29 is 12.8 Å². The number of nitrogens with zero attached hydrogens (tertiary/aromatic N) is 2. The molecule has 3 rings (SSSR count). The van der Waals surface area contributed by atoms with E-state index >= 15 is 0 Å². The van der Waals surface area contributed by atoms with Crippen LogP contribution >= 0.6 is 0 Å². The van der Waals surface area contributed by atoms with Gasteiger partial charge in [-0.25, -0.2) is 12.7 Å². The Balaban J connectivity index is 1.67. The number of aromatic nitrogens is 1. The minimum atomic E-state index is -3.09. The van der Waals surface area contributed by atoms with Crippen LogP contribution in [0.1, 0.15) is 12.8 Å². The van der Waals surface area contributed by atoms with E-state index in [1.807, 2.05) is 6.07 Å². The predicted molar refractivity (Wildman–Crippen MR) is 81.5 cm³/mol. The van der Waals surface area contributed by atoms with Gasteiger partial charge in [-0.05, 0) is 25.0 Å². The average Bonchev–Trinajstić information content (AvgIpc) is 2.79. The Morgan fingerprint density at radius 2 is 2.10 bits per heavy atom. The van der Waals surface area contributed by atoms with E-state index in [1.165, 1.54) is 10.6 Å². The van der Waals surface area contributed by atoms with Gasteiger partial charge in [-0.3, -0.25) is 0 Å². The molecule has 21 heavy (non-hydrogen) atoms. The standard InChI is InChI=1S/C13H18N4O3S/c1-21(18,19)17-6-4-10(5-7-17)15-13-16-11-3-2-9(14)8-12(11)20-13/h2-3,8,10H,4-7,14H2,1H3,(H,15,16). The summed E-state index contributed by atoms with van der Waals surface area (Å²) in [5, 5.41) is 3.22. The van der Waals surface area contributed by atoms with Crippen molar-refractivity contribution in [2.24, 2.45) is 0 Å². The third-order valence-corrected chi connectivity index (χ3v) is 4.97. The Morgan fingerprint density at radius 3 is 2.76 bits per heavy atom. The Hall–Kier alpha value is -1.80. The molecule has 1 saturated heterocycles. The molecule has 3 N–H and O–H groups in total. The molecule has 1 aromatic heterocycles. The van der Waals surface area contributed by atoms with Gasteiger partial charge in [0.1, 0.15) is 5.52 Å². The number of piperidine rings is 1. The number of benzene rings is 1. The van der Waals surface area contributed by atoms with Crippen LogP contribution in [0.15, 0.2) is 22.6 Å². The van der Waals surface area contributed by atoms with Crippen molar-refractivity contribution in [1.29, 1.82) is 0 Å². The Kier molecular flexibility index (Phi) is 3.50. The second-order valence-electron chi connectivity index (χ2n) is 5.33. The number of hydrogen-bond acceptors (Lipinski definition) is 6. The number of fused-ring (bicyclic) bond motifs is 1. The third kappa shape index (κ3) is 3.11. The molecule has 0 saturated carbocycles. The van der Waals surface area contributed by atoms with Gasteiger partial charge in [0.2, 0.25) is 10.0 Å². The molecule has 0 radical (unpaired) electrons. The van der Waals surface area contributed by atoms with Crippen molar-refractivity contribution in [1.82, 2.24) is 9.29 Å². The highest BCUT2D eigenvalue weighted by atomic mass is 32.2. The average molecular weight is 310 g/mol. The van der Waals surface area contributed by atoms with E-state index < -0.39 is 10.0 Å². The van der Waals surface area contributed by atoms with Crippen LogP contribution in [0.25, 0.3) is 11.1 Å². The lowest BCUT2D eigenvalue weighted by Gasteiger charge is -2.30. The van der Waals surface area contributed by atoms with Crippen molar-refractivity contribution in [3.05, 3.63) is 18.2 Å². The maximum absolute atomic E-state index is 11.5. The molecule has 0 aliphatic carbocycles. The Labute approximate surface area is 123 Å². The zero-order valence-corrected chi connectivity index (χ0v) is 12.6. The number of rotatable bonds is 3. The topological polar surface area (TPSA) is 101 Å². The lowest BCUT2D eigenvalue weighted by molar-refractivity contribution is 0.329. The van der Waals surface area contributed by atoms with Crippen LogP contribution in [-0.4, -0.2) is 43.1 Å². The lowest BCUT2D eigenvalue weighted by atomic mass is 10.1. The van der Waals surface area contributed by atoms with E-state index in [9.17, 15) is 8.42 Å². The number of sulfonamides is 1. The van der Waals surface area contributed by atoms with E-state index in [-0.39, 0.29) is 6.04 Å². The third-order valence-electron chi connectivity index (χ3n) is 3.66. The molecule has 1 fully saturated rings. The highest BCUT2D eigenvalue weighted by molar-refractivity contribution is 7.88. The molecule has 2 heterocycles. The second kappa shape index (κ2) is 5.19. The molecule has 1 aromatic carbocycles. The highest BCUT2D eigenvalue weighted by Crippen LogP contribution is 2.23. The van der Waals surface area contributed by atoms with Crippen LogP contribution in [0.4, 0.5) is 11.7 Å². The van der Waals surface area contributed by atoms with Crippen LogP contribution < -0.4 is 11.1 Å². The summed E-state index contributed by atoms with van der Waals surface area (Å²) < 4.78 is 30.0. The van der Waals surface area contributed by atoms with Gasteiger partial charge in [-0.15, -0.1) is 0 Å². The zero-order valence-electron chi connectivity index (χ0n) is 11.7. The van der Waals surface area contributed by atoms with Crippen LogP contribution in [0.5, 0.6) is 0 Å². The van der Waals surface area contributed by atoms with Crippen LogP contribution in [0.3, 0.4) is 0 Å². The molecule has 0 bridgehead atoms. The van der Waals surface area contributed by atoms with E-state index in [1.54, 1.807) is 12.1 Å². The van der Waals surface area contributed by atoms with Gasteiger partial charge in [0.15, 0.2) is 5.58 Å².